The number of nitrogens with zero attached hydrogens (tertiary/aromatic N) is 1. The molecule has 0 saturated heterocycles. The molecule has 0 saturated carbocycles. The lowest BCUT2D eigenvalue weighted by atomic mass is 9.71. The van der Waals surface area contributed by atoms with Crippen molar-refractivity contribution in [2.75, 3.05) is 0 Å². The number of rotatable bonds is 9. The van der Waals surface area contributed by atoms with Crippen LogP contribution in [0.3, 0.4) is 0 Å². The first-order chi connectivity index (χ1) is 27.9. The van der Waals surface area contributed by atoms with Crippen LogP contribution in [0.1, 0.15) is 98.2 Å². The monoisotopic (exact) mass is 851 g/mol. The van der Waals surface area contributed by atoms with E-state index in [4.69, 9.17) is 13.6 Å². The average Bonchev–Trinajstić information content (AvgIpc) is 3.61. The van der Waals surface area contributed by atoms with E-state index in [1.807, 2.05) is 25.3 Å². The Morgan fingerprint density at radius 2 is 1.44 bits per heavy atom. The van der Waals surface area contributed by atoms with E-state index in [1.54, 1.807) is 11.3 Å². The second-order valence-electron chi connectivity index (χ2n) is 18.8. The molecule has 3 aromatic carbocycles. The summed E-state index contributed by atoms with van der Waals surface area (Å²) in [4.78, 5) is 18.7. The van der Waals surface area contributed by atoms with Crippen molar-refractivity contribution in [2.24, 2.45) is 17.3 Å². The zero-order valence-electron chi connectivity index (χ0n) is 37.4. The first kappa shape index (κ1) is 46.6. The van der Waals surface area contributed by atoms with Gasteiger partial charge in [-0.15, -0.1) is 11.3 Å². The summed E-state index contributed by atoms with van der Waals surface area (Å²) in [5, 5.41) is 18.9. The lowest BCUT2D eigenvalue weighted by molar-refractivity contribution is -0.154. The number of thiazole rings is 1. The highest BCUT2D eigenvalue weighted by Gasteiger charge is 2.53. The summed E-state index contributed by atoms with van der Waals surface area (Å²) >= 11 is 1.60. The molecule has 1 aromatic heterocycles. The molecule has 0 spiro atoms. The number of benzene rings is 3. The fraction of sp³-hybridized carbons (Fsp3) is 0.480. The van der Waals surface area contributed by atoms with Crippen LogP contribution < -0.4 is 15.6 Å². The van der Waals surface area contributed by atoms with Gasteiger partial charge in [-0.2, -0.15) is 0 Å². The lowest BCUT2D eigenvalue weighted by Gasteiger charge is -2.51. The van der Waals surface area contributed by atoms with Crippen LogP contribution in [0.5, 0.6) is 0 Å². The van der Waals surface area contributed by atoms with Crippen LogP contribution in [0.2, 0.25) is 18.1 Å². The van der Waals surface area contributed by atoms with Gasteiger partial charge in [0, 0.05) is 23.1 Å². The van der Waals surface area contributed by atoms with Crippen molar-refractivity contribution < 1.29 is 23.5 Å². The topological polar surface area (TPSA) is 77.9 Å². The molecule has 0 unspecified atom stereocenters. The minimum absolute atomic E-state index is 0.0162. The molecule has 4 aromatic rings. The van der Waals surface area contributed by atoms with E-state index in [0.29, 0.717) is 6.42 Å². The molecule has 0 amide bonds. The maximum Gasteiger partial charge on any atom is 0.309 e. The average molecular weight is 852 g/mol. The molecule has 1 aliphatic heterocycles. The maximum absolute atomic E-state index is 14.1. The molecule has 1 N–H and O–H groups in total. The van der Waals surface area contributed by atoms with Gasteiger partial charge in [0.1, 0.15) is 6.10 Å². The minimum atomic E-state index is -3.31. The Hall–Kier alpha value is -3.45. The van der Waals surface area contributed by atoms with Crippen molar-refractivity contribution in [1.82, 2.24) is 4.98 Å². The number of allylic oxidation sites excluding steroid dienone is 1. The minimum Gasteiger partial charge on any atom is -0.457 e. The molecule has 59 heavy (non-hydrogen) atoms. The van der Waals surface area contributed by atoms with Crippen LogP contribution >= 0.6 is 11.3 Å². The van der Waals surface area contributed by atoms with Crippen LogP contribution in [0.25, 0.3) is 6.08 Å². The predicted molar refractivity (Wildman–Crippen MR) is 252 cm³/mol. The van der Waals surface area contributed by atoms with Gasteiger partial charge in [0.25, 0.3) is 8.32 Å². The van der Waals surface area contributed by atoms with Crippen molar-refractivity contribution in [2.45, 2.75) is 137 Å². The van der Waals surface area contributed by atoms with Crippen LogP contribution in [-0.4, -0.2) is 57.1 Å². The summed E-state index contributed by atoms with van der Waals surface area (Å²) in [5.74, 6) is -0.416. The summed E-state index contributed by atoms with van der Waals surface area (Å²) < 4.78 is 21.9. The molecule has 0 aliphatic carbocycles. The van der Waals surface area contributed by atoms with Crippen LogP contribution in [0, 0.1) is 24.2 Å². The smallest absolute Gasteiger partial charge is 0.309 e. The number of aromatic nitrogens is 1. The number of aliphatic hydroxyl groups is 1. The number of cyclic esters (lactones) is 1. The van der Waals surface area contributed by atoms with Gasteiger partial charge in [-0.3, -0.25) is 4.79 Å². The van der Waals surface area contributed by atoms with Crippen molar-refractivity contribution in [3.05, 3.63) is 125 Å². The van der Waals surface area contributed by atoms with E-state index in [0.717, 1.165) is 51.1 Å². The number of carbonyl (C=O) groups excluding carboxylic acids is 1. The zero-order valence-corrected chi connectivity index (χ0v) is 40.2. The molecule has 6 nitrogen and oxygen atoms in total. The van der Waals surface area contributed by atoms with E-state index < -0.39 is 46.3 Å². The Bertz CT molecular complexity index is 1890. The standard InChI is InChI=1S/C50H69NO5SSi2/c1-36-25-17-12-13-24-32-44(37(2)33-40-35-57-39(4)51-40)54-46(53)34-45(52)50(8,9)48(38(3)47(36)55-58(10,11)49(5,6)7)56-59(41-26-18-14-19-27-41,42-28-20-15-21-29-42)43-30-22-16-23-31-43/h13-16,18-24,26-31,33,35-36,38,44-45,47-48,52H,12,17,25,32,34H2,1-11H3/b24-13-,37-33+/t36-,38+,44-,45-,47-,48+/m0/s1. The quantitative estimate of drug-likeness (QED) is 0.0782. The van der Waals surface area contributed by atoms with Gasteiger partial charge in [0.05, 0.1) is 35.4 Å². The van der Waals surface area contributed by atoms with Gasteiger partial charge >= 0.3 is 5.97 Å². The van der Waals surface area contributed by atoms with Gasteiger partial charge < -0.3 is 18.7 Å². The summed E-state index contributed by atoms with van der Waals surface area (Å²) in [6, 6.07) is 31.8. The van der Waals surface area contributed by atoms with E-state index in [9.17, 15) is 9.90 Å². The fourth-order valence-electron chi connectivity index (χ4n) is 8.26. The maximum atomic E-state index is 14.1. The van der Waals surface area contributed by atoms with Gasteiger partial charge in [0.15, 0.2) is 8.32 Å². The third-order valence-electron chi connectivity index (χ3n) is 12.9. The first-order valence-corrected chi connectivity index (χ1v) is 27.2. The van der Waals surface area contributed by atoms with E-state index in [2.05, 4.69) is 170 Å². The molecule has 5 rings (SSSR count). The van der Waals surface area contributed by atoms with E-state index in [-0.39, 0.29) is 29.4 Å². The largest absolute Gasteiger partial charge is 0.457 e. The third-order valence-corrected chi connectivity index (χ3v) is 22.2. The number of esters is 1. The number of hydrogen-bond acceptors (Lipinski definition) is 7. The molecule has 9 heteroatoms. The van der Waals surface area contributed by atoms with Crippen LogP contribution in [-0.2, 0) is 18.4 Å². The SMILES string of the molecule is C/C(=C\c1csc(C)n1)[C@@H]1C/C=C\CCC[C@H](C)[C@H](O[Si](C)(C)C(C)(C)C)[C@@H](C)[C@@H](O[Si](c2ccccc2)(c2ccccc2)c2ccccc2)C(C)(C)[C@@H](O)CC(=O)O1. The Morgan fingerprint density at radius 3 is 1.93 bits per heavy atom. The van der Waals surface area contributed by atoms with Gasteiger partial charge in [0.2, 0.25) is 0 Å². The second-order valence-corrected chi connectivity index (χ2v) is 28.0. The summed E-state index contributed by atoms with van der Waals surface area (Å²) in [7, 11) is -5.62. The molecule has 0 radical (unpaired) electrons. The number of carbonyl (C=O) groups is 1. The molecule has 0 fully saturated rings. The molecule has 2 heterocycles. The van der Waals surface area contributed by atoms with Crippen molar-refractivity contribution in [3.8, 4) is 0 Å². The van der Waals surface area contributed by atoms with Crippen LogP contribution in [0.15, 0.2) is 114 Å². The van der Waals surface area contributed by atoms with Gasteiger partial charge in [-0.05, 0) is 84.4 Å². The number of ether oxygens (including phenoxy) is 1. The van der Waals surface area contributed by atoms with Crippen LogP contribution in [0.4, 0.5) is 0 Å². The Kier molecular flexibility index (Phi) is 15.8. The van der Waals surface area contributed by atoms with E-state index in [1.165, 1.54) is 0 Å². The Labute approximate surface area is 361 Å². The fourth-order valence-corrected chi connectivity index (χ4v) is 14.6. The molecule has 6 atom stereocenters. The highest BCUT2D eigenvalue weighted by Crippen LogP contribution is 2.44. The van der Waals surface area contributed by atoms with Crippen molar-refractivity contribution >= 4 is 55.6 Å². The number of hydrogen-bond donors (Lipinski definition) is 1. The van der Waals surface area contributed by atoms with Gasteiger partial charge in [-0.25, -0.2) is 4.98 Å². The summed E-state index contributed by atoms with van der Waals surface area (Å²) in [6.45, 7) is 24.3. The molecule has 0 bridgehead atoms. The molecular formula is C50H69NO5SSi2. The number of aliphatic hydroxyl groups excluding tert-OH is 1. The highest BCUT2D eigenvalue weighted by atomic mass is 32.1. The highest BCUT2D eigenvalue weighted by molar-refractivity contribution is 7.09. The summed E-state index contributed by atoms with van der Waals surface area (Å²) in [5.41, 5.74) is 0.847. The molecular weight excluding hydrogens is 783 g/mol. The zero-order chi connectivity index (χ0) is 43.0. The molecule has 318 valence electrons. The predicted octanol–water partition coefficient (Wildman–Crippen LogP) is 10.4. The number of aryl methyl sites for hydroxylation is 1. The second kappa shape index (κ2) is 20.0. The lowest BCUT2D eigenvalue weighted by Crippen LogP contribution is -2.72. The first-order valence-electron chi connectivity index (χ1n) is 21.5. The Balaban J connectivity index is 1.68. The van der Waals surface area contributed by atoms with Crippen molar-refractivity contribution in [3.63, 3.8) is 0 Å². The summed E-state index contributed by atoms with van der Waals surface area (Å²) in [6.07, 6.45) is 7.32. The Morgan fingerprint density at radius 1 is 0.898 bits per heavy atom. The van der Waals surface area contributed by atoms with Gasteiger partial charge in [-0.1, -0.05) is 152 Å². The third kappa shape index (κ3) is 11.3. The molecule has 1 aliphatic rings. The van der Waals surface area contributed by atoms with E-state index >= 15 is 0 Å². The normalized spacial score (nSPS) is 24.9. The van der Waals surface area contributed by atoms with Crippen molar-refractivity contribution in [1.29, 1.82) is 0 Å².